The largest absolute Gasteiger partial charge is 0.489 e. The minimum absolute atomic E-state index is 0.0434. The van der Waals surface area contributed by atoms with Crippen LogP contribution < -0.4 is 20.5 Å². The molecule has 0 bridgehead atoms. The van der Waals surface area contributed by atoms with E-state index in [0.717, 1.165) is 0 Å². The fourth-order valence-electron chi connectivity index (χ4n) is 3.93. The van der Waals surface area contributed by atoms with Crippen LogP contribution in [0.15, 0.2) is 23.8 Å². The third-order valence-corrected chi connectivity index (χ3v) is 7.44. The van der Waals surface area contributed by atoms with E-state index >= 15 is 0 Å². The summed E-state index contributed by atoms with van der Waals surface area (Å²) in [6, 6.07) is 3.65. The van der Waals surface area contributed by atoms with Crippen LogP contribution in [0, 0.1) is 10.8 Å². The van der Waals surface area contributed by atoms with Crippen LogP contribution >= 0.6 is 0 Å². The van der Waals surface area contributed by atoms with E-state index in [1.807, 2.05) is 0 Å². The lowest BCUT2D eigenvalue weighted by Gasteiger charge is -2.41. The quantitative estimate of drug-likeness (QED) is 0.331. The summed E-state index contributed by atoms with van der Waals surface area (Å²) in [4.78, 5) is 24.3. The lowest BCUT2D eigenvalue weighted by atomic mass is 9.70. The van der Waals surface area contributed by atoms with Crippen LogP contribution in [-0.4, -0.2) is 77.3 Å². The van der Waals surface area contributed by atoms with Crippen LogP contribution in [0.5, 0.6) is 11.5 Å². The van der Waals surface area contributed by atoms with E-state index < -0.39 is 48.6 Å². The highest BCUT2D eigenvalue weighted by Gasteiger charge is 2.53. The van der Waals surface area contributed by atoms with Crippen LogP contribution in [0.2, 0.25) is 0 Å². The Balaban J connectivity index is 1.76. The second-order valence-electron chi connectivity index (χ2n) is 11.2. The Labute approximate surface area is 216 Å². The molecule has 0 aromatic heterocycles. The van der Waals surface area contributed by atoms with Gasteiger partial charge in [-0.2, -0.15) is 0 Å². The number of fused-ring (bicyclic) bond motifs is 1. The molecule has 2 aliphatic rings. The van der Waals surface area contributed by atoms with Gasteiger partial charge < -0.3 is 45.3 Å². The van der Waals surface area contributed by atoms with E-state index in [9.17, 15) is 24.9 Å². The predicted molar refractivity (Wildman–Crippen MR) is 134 cm³/mol. The number of hydrogen-bond donors (Lipinski definition) is 5. The van der Waals surface area contributed by atoms with Crippen LogP contribution in [0.3, 0.4) is 0 Å². The average molecular weight is 523 g/mol. The van der Waals surface area contributed by atoms with Crippen LogP contribution in [-0.2, 0) is 14.3 Å². The van der Waals surface area contributed by atoms with Gasteiger partial charge in [-0.1, -0.05) is 40.7 Å². The molecular formula is C26H38N2O9. The number of primary amides is 1. The molecule has 11 nitrogen and oxygen atoms in total. The standard InChI is InChI=1S/C26H38N2O9/c1-13(23(32)28-17-18(29)20(31)22-21(19(17)30)35-12-36-22)9-14-7-8-15(16(10-14)37-24(27)33)34-11-26(5,6)25(2,3)4/h7-10,17-22,29-31H,11-12H2,1-6H3,(H2,27,33)(H,28,32)/b13-9+/t17-,18+,19-,20-,21+,22-/m1/s1. The monoisotopic (exact) mass is 522 g/mol. The first kappa shape index (κ1) is 28.9. The van der Waals surface area contributed by atoms with E-state index in [2.05, 4.69) is 39.9 Å². The van der Waals surface area contributed by atoms with Gasteiger partial charge in [-0.3, -0.25) is 4.79 Å². The van der Waals surface area contributed by atoms with Crippen molar-refractivity contribution in [3.63, 3.8) is 0 Å². The molecule has 0 spiro atoms. The molecule has 1 aromatic rings. The third kappa shape index (κ3) is 6.42. The number of carbonyl (C=O) groups excluding carboxylic acids is 2. The second kappa shape index (κ2) is 11.0. The first-order chi connectivity index (χ1) is 17.1. The van der Waals surface area contributed by atoms with Crippen LogP contribution in [0.25, 0.3) is 6.08 Å². The maximum Gasteiger partial charge on any atom is 0.410 e. The topological polar surface area (TPSA) is 170 Å². The number of hydrogen-bond acceptors (Lipinski definition) is 9. The first-order valence-electron chi connectivity index (χ1n) is 12.1. The van der Waals surface area contributed by atoms with E-state index in [4.69, 9.17) is 24.7 Å². The number of ether oxygens (including phenoxy) is 4. The zero-order chi connectivity index (χ0) is 27.7. The summed E-state index contributed by atoms with van der Waals surface area (Å²) >= 11 is 0. The molecule has 1 heterocycles. The number of rotatable bonds is 7. The van der Waals surface area contributed by atoms with Crippen LogP contribution in [0.4, 0.5) is 4.79 Å². The van der Waals surface area contributed by atoms with Crippen molar-refractivity contribution in [2.45, 2.75) is 78.1 Å². The van der Waals surface area contributed by atoms with Crippen LogP contribution in [0.1, 0.15) is 47.1 Å². The van der Waals surface area contributed by atoms with Crippen molar-refractivity contribution in [1.29, 1.82) is 0 Å². The molecule has 1 saturated heterocycles. The molecule has 1 aromatic carbocycles. The zero-order valence-corrected chi connectivity index (χ0v) is 22.1. The van der Waals surface area contributed by atoms with E-state index in [-0.39, 0.29) is 28.9 Å². The Morgan fingerprint density at radius 1 is 1.05 bits per heavy atom. The molecule has 206 valence electrons. The van der Waals surface area contributed by atoms with Crippen molar-refractivity contribution in [3.8, 4) is 11.5 Å². The van der Waals surface area contributed by atoms with Crippen molar-refractivity contribution in [1.82, 2.24) is 5.32 Å². The molecule has 1 saturated carbocycles. The molecule has 1 aliphatic heterocycles. The molecule has 0 radical (unpaired) electrons. The molecule has 37 heavy (non-hydrogen) atoms. The molecule has 3 rings (SSSR count). The molecule has 0 unspecified atom stereocenters. The lowest BCUT2D eigenvalue weighted by molar-refractivity contribution is -0.155. The molecule has 2 amide bonds. The summed E-state index contributed by atoms with van der Waals surface area (Å²) in [6.45, 7) is 12.2. The fraction of sp³-hybridized carbons (Fsp3) is 0.615. The number of amides is 2. The number of nitrogens with one attached hydrogen (secondary N) is 1. The normalized spacial score (nSPS) is 28.4. The minimum Gasteiger partial charge on any atom is -0.489 e. The lowest BCUT2D eigenvalue weighted by Crippen LogP contribution is -2.67. The zero-order valence-electron chi connectivity index (χ0n) is 22.1. The van der Waals surface area contributed by atoms with Crippen molar-refractivity contribution in [2.24, 2.45) is 16.6 Å². The predicted octanol–water partition coefficient (Wildman–Crippen LogP) is 1.32. The van der Waals surface area contributed by atoms with Gasteiger partial charge in [0.1, 0.15) is 37.3 Å². The Morgan fingerprint density at radius 2 is 1.68 bits per heavy atom. The van der Waals surface area contributed by atoms with Crippen molar-refractivity contribution in [2.75, 3.05) is 13.4 Å². The highest BCUT2D eigenvalue weighted by Crippen LogP contribution is 2.39. The van der Waals surface area contributed by atoms with Gasteiger partial charge in [0.15, 0.2) is 11.5 Å². The van der Waals surface area contributed by atoms with E-state index in [1.165, 1.54) is 19.1 Å². The smallest absolute Gasteiger partial charge is 0.410 e. The minimum atomic E-state index is -1.46. The maximum absolute atomic E-state index is 12.9. The first-order valence-corrected chi connectivity index (χ1v) is 12.1. The summed E-state index contributed by atoms with van der Waals surface area (Å²) in [6.07, 6.45) is -5.32. The Morgan fingerprint density at radius 3 is 2.27 bits per heavy atom. The number of nitrogens with two attached hydrogens (primary N) is 1. The number of carbonyl (C=O) groups is 2. The van der Waals surface area contributed by atoms with Gasteiger partial charge in [0.25, 0.3) is 0 Å². The fourth-order valence-corrected chi connectivity index (χ4v) is 3.93. The highest BCUT2D eigenvalue weighted by molar-refractivity contribution is 5.97. The van der Waals surface area contributed by atoms with Gasteiger partial charge in [0.2, 0.25) is 5.91 Å². The summed E-state index contributed by atoms with van der Waals surface area (Å²) < 4.78 is 21.6. The number of benzene rings is 1. The van der Waals surface area contributed by atoms with Gasteiger partial charge in [0, 0.05) is 11.0 Å². The van der Waals surface area contributed by atoms with E-state index in [0.29, 0.717) is 17.9 Å². The third-order valence-electron chi connectivity index (χ3n) is 7.44. The van der Waals surface area contributed by atoms with Gasteiger partial charge in [0.05, 0.1) is 12.6 Å². The van der Waals surface area contributed by atoms with Crippen molar-refractivity contribution < 1.29 is 43.9 Å². The Kier molecular flexibility index (Phi) is 8.55. The molecule has 6 atom stereocenters. The Bertz CT molecular complexity index is 1030. The molecular weight excluding hydrogens is 484 g/mol. The average Bonchev–Trinajstić information content (AvgIpc) is 3.29. The summed E-state index contributed by atoms with van der Waals surface area (Å²) in [5.41, 5.74) is 5.75. The molecule has 1 aliphatic carbocycles. The maximum atomic E-state index is 12.9. The molecule has 6 N–H and O–H groups in total. The summed E-state index contributed by atoms with van der Waals surface area (Å²) in [5.74, 6) is -0.159. The SMILES string of the molecule is C/C(=C\c1ccc(OCC(C)(C)C(C)(C)C)c(OC(N)=O)c1)C(=O)N[C@@H]1[C@H](O)[C@@H](O)[C@H]2OCO[C@H]2[C@@H]1O. The summed E-state index contributed by atoms with van der Waals surface area (Å²) in [5, 5.41) is 33.9. The number of aliphatic hydroxyl groups is 3. The second-order valence-corrected chi connectivity index (χ2v) is 11.2. The van der Waals surface area contributed by atoms with Gasteiger partial charge in [-0.25, -0.2) is 4.79 Å². The van der Waals surface area contributed by atoms with Crippen molar-refractivity contribution in [3.05, 3.63) is 29.3 Å². The summed E-state index contributed by atoms with van der Waals surface area (Å²) in [7, 11) is 0. The van der Waals surface area contributed by atoms with Crippen molar-refractivity contribution >= 4 is 18.1 Å². The molecule has 2 fully saturated rings. The van der Waals surface area contributed by atoms with Gasteiger partial charge in [-0.15, -0.1) is 0 Å². The number of aliphatic hydroxyl groups excluding tert-OH is 3. The Hall–Kier alpha value is -2.70. The van der Waals surface area contributed by atoms with E-state index in [1.54, 1.807) is 12.1 Å². The highest BCUT2D eigenvalue weighted by atomic mass is 16.7. The van der Waals surface area contributed by atoms with Gasteiger partial charge in [-0.05, 0) is 36.1 Å². The van der Waals surface area contributed by atoms with Gasteiger partial charge >= 0.3 is 6.09 Å². The molecule has 11 heteroatoms.